The number of amidine groups is 1. The van der Waals surface area contributed by atoms with Crippen LogP contribution >= 0.6 is 0 Å². The second-order valence-electron chi connectivity index (χ2n) is 8.43. The van der Waals surface area contributed by atoms with Crippen molar-refractivity contribution in [3.63, 3.8) is 0 Å². The van der Waals surface area contributed by atoms with Gasteiger partial charge in [-0.05, 0) is 52.2 Å². The fraction of sp³-hybridized carbons (Fsp3) is 0.619. The minimum Gasteiger partial charge on any atom is -0.352 e. The van der Waals surface area contributed by atoms with Gasteiger partial charge in [-0.15, -0.1) is 0 Å². The topological polar surface area (TPSA) is 82.1 Å². The Morgan fingerprint density at radius 1 is 1.36 bits per heavy atom. The molecular weight excluding hydrogens is 356 g/mol. The van der Waals surface area contributed by atoms with Gasteiger partial charge in [-0.2, -0.15) is 4.99 Å². The molecule has 2 heterocycles. The summed E-state index contributed by atoms with van der Waals surface area (Å²) in [6, 6.07) is 0.0430. The lowest BCUT2D eigenvalue weighted by Gasteiger charge is -2.46. The third kappa shape index (κ3) is 3.88. The largest absolute Gasteiger partial charge is 0.352 e. The zero-order chi connectivity index (χ0) is 20.5. The second kappa shape index (κ2) is 7.89. The molecule has 0 saturated heterocycles. The molecule has 7 nitrogen and oxygen atoms in total. The van der Waals surface area contributed by atoms with E-state index in [-0.39, 0.29) is 42.8 Å². The number of hydrogen-bond donors (Lipinski definition) is 1. The molecule has 1 atom stereocenters. The highest BCUT2D eigenvalue weighted by atomic mass is 16.2. The van der Waals surface area contributed by atoms with Crippen LogP contribution in [-0.4, -0.2) is 57.5 Å². The van der Waals surface area contributed by atoms with Crippen LogP contribution in [0, 0.1) is 0 Å². The maximum absolute atomic E-state index is 13.8. The lowest BCUT2D eigenvalue weighted by atomic mass is 9.88. The summed E-state index contributed by atoms with van der Waals surface area (Å²) in [6.07, 6.45) is 9.42. The lowest BCUT2D eigenvalue weighted by molar-refractivity contribution is -0.148. The van der Waals surface area contributed by atoms with E-state index in [0.717, 1.165) is 31.3 Å². The number of nitrogens with zero attached hydrogens (tertiary/aromatic N) is 3. The number of amides is 3. The smallest absolute Gasteiger partial charge is 0.250 e. The predicted octanol–water partition coefficient (Wildman–Crippen LogP) is 2.15. The Bertz CT molecular complexity index is 762. The summed E-state index contributed by atoms with van der Waals surface area (Å²) in [5, 5.41) is 2.88. The Hall–Kier alpha value is -2.44. The van der Waals surface area contributed by atoms with Crippen LogP contribution in [0.4, 0.5) is 0 Å². The quantitative estimate of drug-likeness (QED) is 0.785. The summed E-state index contributed by atoms with van der Waals surface area (Å²) < 4.78 is 0. The number of rotatable bonds is 5. The maximum atomic E-state index is 13.8. The van der Waals surface area contributed by atoms with Crippen LogP contribution in [0.5, 0.6) is 0 Å². The Kier molecular flexibility index (Phi) is 5.72. The Morgan fingerprint density at radius 3 is 2.68 bits per heavy atom. The number of fused-ring (bicyclic) bond motifs is 1. The van der Waals surface area contributed by atoms with E-state index in [1.54, 1.807) is 22.9 Å². The highest BCUT2D eigenvalue weighted by molar-refractivity contribution is 6.12. The van der Waals surface area contributed by atoms with Crippen molar-refractivity contribution in [2.45, 2.75) is 77.4 Å². The first-order valence-electron chi connectivity index (χ1n) is 10.1. The molecule has 0 bridgehead atoms. The number of aliphatic imine (C=N–C) groups is 1. The molecule has 3 amide bonds. The number of nitrogens with one attached hydrogen (secondary N) is 1. The summed E-state index contributed by atoms with van der Waals surface area (Å²) in [4.78, 5) is 46.3. The van der Waals surface area contributed by atoms with Crippen LogP contribution in [0.2, 0.25) is 0 Å². The molecule has 7 heteroatoms. The van der Waals surface area contributed by atoms with E-state index < -0.39 is 5.54 Å². The van der Waals surface area contributed by atoms with Crippen LogP contribution in [-0.2, 0) is 14.4 Å². The van der Waals surface area contributed by atoms with E-state index in [1.165, 1.54) is 0 Å². The van der Waals surface area contributed by atoms with Gasteiger partial charge in [0.2, 0.25) is 11.8 Å². The fourth-order valence-electron chi connectivity index (χ4n) is 4.28. The average Bonchev–Trinajstić information content (AvgIpc) is 3.14. The Balaban J connectivity index is 1.91. The van der Waals surface area contributed by atoms with Crippen molar-refractivity contribution in [1.29, 1.82) is 0 Å². The van der Waals surface area contributed by atoms with Gasteiger partial charge in [-0.3, -0.25) is 14.4 Å². The first kappa shape index (κ1) is 20.3. The Morgan fingerprint density at radius 2 is 2.04 bits per heavy atom. The molecule has 0 spiro atoms. The number of carbonyl (C=O) groups is 3. The van der Waals surface area contributed by atoms with Crippen molar-refractivity contribution in [3.05, 3.63) is 23.9 Å². The monoisotopic (exact) mass is 386 g/mol. The summed E-state index contributed by atoms with van der Waals surface area (Å²) in [7, 11) is 0. The average molecular weight is 386 g/mol. The van der Waals surface area contributed by atoms with Crippen LogP contribution in [0.3, 0.4) is 0 Å². The van der Waals surface area contributed by atoms with Crippen molar-refractivity contribution in [1.82, 2.24) is 15.1 Å². The van der Waals surface area contributed by atoms with Gasteiger partial charge in [-0.1, -0.05) is 18.9 Å². The highest BCUT2D eigenvalue weighted by Crippen LogP contribution is 2.34. The summed E-state index contributed by atoms with van der Waals surface area (Å²) >= 11 is 0. The molecule has 0 aromatic carbocycles. The normalized spacial score (nSPS) is 24.8. The van der Waals surface area contributed by atoms with E-state index in [4.69, 9.17) is 0 Å². The van der Waals surface area contributed by atoms with Crippen molar-refractivity contribution >= 4 is 23.6 Å². The van der Waals surface area contributed by atoms with E-state index in [1.807, 2.05) is 32.9 Å². The van der Waals surface area contributed by atoms with E-state index >= 15 is 0 Å². The van der Waals surface area contributed by atoms with Crippen LogP contribution in [0.1, 0.15) is 59.8 Å². The van der Waals surface area contributed by atoms with Gasteiger partial charge >= 0.3 is 0 Å². The second-order valence-corrected chi connectivity index (χ2v) is 8.43. The minimum atomic E-state index is -1.08. The number of carbonyl (C=O) groups excluding carboxylic acids is 3. The van der Waals surface area contributed by atoms with E-state index in [0.29, 0.717) is 5.84 Å². The van der Waals surface area contributed by atoms with Crippen molar-refractivity contribution in [2.24, 2.45) is 4.99 Å². The van der Waals surface area contributed by atoms with Gasteiger partial charge < -0.3 is 15.1 Å². The third-order valence-corrected chi connectivity index (χ3v) is 5.67. The molecule has 0 unspecified atom stereocenters. The number of allylic oxidation sites excluding steroid dienone is 2. The molecule has 1 saturated carbocycles. The van der Waals surface area contributed by atoms with E-state index in [9.17, 15) is 14.4 Å². The molecule has 1 N–H and O–H groups in total. The standard InChI is InChI=1S/C21H30N4O3/c1-14(2)22-18(27)13-24(16-9-5-6-10-16)20(28)21(4)12-17(26)23-19-15(3)8-7-11-25(19)21/h7-8,11,14,16H,5-6,9-10,12-13H2,1-4H3,(H,22,27)/t21-/m1/s1. The summed E-state index contributed by atoms with van der Waals surface area (Å²) in [6.45, 7) is 7.48. The maximum Gasteiger partial charge on any atom is 0.250 e. The zero-order valence-corrected chi connectivity index (χ0v) is 17.2. The molecule has 1 aliphatic carbocycles. The van der Waals surface area contributed by atoms with Gasteiger partial charge in [0.25, 0.3) is 5.91 Å². The molecule has 3 rings (SSSR count). The molecule has 28 heavy (non-hydrogen) atoms. The van der Waals surface area contributed by atoms with Gasteiger partial charge in [0, 0.05) is 18.3 Å². The first-order chi connectivity index (χ1) is 13.2. The molecule has 0 aromatic heterocycles. The van der Waals surface area contributed by atoms with Crippen molar-refractivity contribution < 1.29 is 14.4 Å². The molecular formula is C21H30N4O3. The summed E-state index contributed by atoms with van der Waals surface area (Å²) in [5.74, 6) is -0.130. The summed E-state index contributed by atoms with van der Waals surface area (Å²) in [5.41, 5.74) is -0.236. The van der Waals surface area contributed by atoms with Gasteiger partial charge in [0.1, 0.15) is 11.4 Å². The van der Waals surface area contributed by atoms with Crippen LogP contribution in [0.25, 0.3) is 0 Å². The van der Waals surface area contributed by atoms with Gasteiger partial charge in [-0.25, -0.2) is 0 Å². The molecule has 2 aliphatic heterocycles. The van der Waals surface area contributed by atoms with Crippen molar-refractivity contribution in [3.8, 4) is 0 Å². The third-order valence-electron chi connectivity index (χ3n) is 5.67. The zero-order valence-electron chi connectivity index (χ0n) is 17.2. The highest BCUT2D eigenvalue weighted by Gasteiger charge is 2.49. The number of hydrogen-bond acceptors (Lipinski definition) is 4. The van der Waals surface area contributed by atoms with Crippen LogP contribution < -0.4 is 5.32 Å². The minimum absolute atomic E-state index is 0.00196. The molecule has 152 valence electrons. The van der Waals surface area contributed by atoms with Crippen LogP contribution in [0.15, 0.2) is 28.9 Å². The molecule has 1 fully saturated rings. The Labute approximate surface area is 166 Å². The fourth-order valence-corrected chi connectivity index (χ4v) is 4.28. The SMILES string of the molecule is CC1=CC=CN2C1=NC(=O)C[C@]2(C)C(=O)N(CC(=O)NC(C)C)C1CCCC1. The van der Waals surface area contributed by atoms with E-state index in [2.05, 4.69) is 10.3 Å². The van der Waals surface area contributed by atoms with Crippen molar-refractivity contribution in [2.75, 3.05) is 6.54 Å². The lowest BCUT2D eigenvalue weighted by Crippen LogP contribution is -2.63. The van der Waals surface area contributed by atoms with Gasteiger partial charge in [0.15, 0.2) is 0 Å². The molecule has 0 radical (unpaired) electrons. The van der Waals surface area contributed by atoms with Gasteiger partial charge in [0.05, 0.1) is 13.0 Å². The molecule has 0 aromatic rings. The predicted molar refractivity (Wildman–Crippen MR) is 107 cm³/mol. The first-order valence-corrected chi connectivity index (χ1v) is 10.1. The molecule has 3 aliphatic rings.